The van der Waals surface area contributed by atoms with Gasteiger partial charge in [-0.1, -0.05) is 0 Å². The van der Waals surface area contributed by atoms with Crippen molar-refractivity contribution in [2.24, 2.45) is 12.8 Å². The highest BCUT2D eigenvalue weighted by molar-refractivity contribution is 5.96. The number of methoxy groups -OCH3 is 1. The molecule has 1 saturated carbocycles. The van der Waals surface area contributed by atoms with Gasteiger partial charge >= 0.3 is 0 Å². The van der Waals surface area contributed by atoms with Crippen LogP contribution in [0.15, 0.2) is 36.5 Å². The van der Waals surface area contributed by atoms with E-state index in [1.165, 1.54) is 5.56 Å². The largest absolute Gasteiger partial charge is 0.497 e. The Hall–Kier alpha value is -3.88. The first kappa shape index (κ1) is 22.9. The summed E-state index contributed by atoms with van der Waals surface area (Å²) in [4.78, 5) is 29.1. The minimum atomic E-state index is -0.560. The number of fused-ring (bicyclic) bond motifs is 3. The van der Waals surface area contributed by atoms with E-state index in [-0.39, 0.29) is 29.5 Å². The molecule has 2 aromatic heterocycles. The number of ether oxygens (including phenoxy) is 2. The smallest absolute Gasteiger partial charge is 0.270 e. The summed E-state index contributed by atoms with van der Waals surface area (Å²) in [5.74, 6) is 0.445. The van der Waals surface area contributed by atoms with Gasteiger partial charge in [0.15, 0.2) is 0 Å². The lowest BCUT2D eigenvalue weighted by atomic mass is 9.88. The van der Waals surface area contributed by atoms with E-state index in [0.29, 0.717) is 5.69 Å². The number of nitrogens with two attached hydrogens (primary N) is 1. The van der Waals surface area contributed by atoms with Gasteiger partial charge in [0, 0.05) is 30.4 Å². The maximum atomic E-state index is 13.3. The summed E-state index contributed by atoms with van der Waals surface area (Å²) in [5, 5.41) is 7.90. The number of carbonyl (C=O) groups excluding carboxylic acids is 2. The van der Waals surface area contributed by atoms with Gasteiger partial charge in [-0.25, -0.2) is 4.98 Å². The number of nitrogens with one attached hydrogen (secondary N) is 1. The Morgan fingerprint density at radius 1 is 1.14 bits per heavy atom. The zero-order valence-electron chi connectivity index (χ0n) is 19.9. The molecule has 3 aromatic rings. The summed E-state index contributed by atoms with van der Waals surface area (Å²) in [6.07, 6.45) is 6.16. The van der Waals surface area contributed by atoms with Gasteiger partial charge in [-0.3, -0.25) is 14.3 Å². The van der Waals surface area contributed by atoms with E-state index < -0.39 is 5.91 Å². The van der Waals surface area contributed by atoms with E-state index in [1.807, 2.05) is 25.2 Å². The molecule has 1 aromatic carbocycles. The minimum Gasteiger partial charge on any atom is -0.497 e. The quantitative estimate of drug-likeness (QED) is 0.565. The van der Waals surface area contributed by atoms with Crippen LogP contribution in [0.2, 0.25) is 0 Å². The Morgan fingerprint density at radius 3 is 2.69 bits per heavy atom. The van der Waals surface area contributed by atoms with Gasteiger partial charge in [0.05, 0.1) is 12.8 Å². The Bertz CT molecular complexity index is 1280. The normalized spacial score (nSPS) is 18.8. The molecule has 1 fully saturated rings. The van der Waals surface area contributed by atoms with Crippen LogP contribution in [0.4, 0.5) is 0 Å². The number of aromatic nitrogens is 3. The van der Waals surface area contributed by atoms with Crippen LogP contribution in [0.5, 0.6) is 11.6 Å². The summed E-state index contributed by atoms with van der Waals surface area (Å²) >= 11 is 0. The van der Waals surface area contributed by atoms with Crippen molar-refractivity contribution in [3.63, 3.8) is 0 Å². The van der Waals surface area contributed by atoms with E-state index >= 15 is 0 Å². The Morgan fingerprint density at radius 2 is 1.94 bits per heavy atom. The molecule has 0 bridgehead atoms. The summed E-state index contributed by atoms with van der Waals surface area (Å²) in [6.45, 7) is 0. The number of pyridine rings is 1. The third-order valence-electron chi connectivity index (χ3n) is 6.90. The lowest BCUT2D eigenvalue weighted by Crippen LogP contribution is -2.40. The predicted octanol–water partition coefficient (Wildman–Crippen LogP) is 2.81. The highest BCUT2D eigenvalue weighted by atomic mass is 16.5. The molecule has 0 saturated heterocycles. The number of nitrogens with zero attached hydrogens (tertiary/aromatic N) is 3. The van der Waals surface area contributed by atoms with Gasteiger partial charge in [0.25, 0.3) is 11.8 Å². The molecule has 2 heterocycles. The number of rotatable bonds is 6. The SMILES string of the molecule is COc1ccc2c(c1)CCc1c-2nn(C)c1C(=O)NC1CCC(Oc2ncccc2C(N)=O)CC1. The minimum absolute atomic E-state index is 0.0485. The van der Waals surface area contributed by atoms with Crippen LogP contribution >= 0.6 is 0 Å². The second-order valence-electron chi connectivity index (χ2n) is 9.11. The zero-order valence-corrected chi connectivity index (χ0v) is 19.9. The highest BCUT2D eigenvalue weighted by Gasteiger charge is 2.30. The van der Waals surface area contributed by atoms with Crippen LogP contribution in [-0.2, 0) is 19.9 Å². The van der Waals surface area contributed by atoms with E-state index in [0.717, 1.165) is 61.1 Å². The molecule has 0 radical (unpaired) electrons. The highest BCUT2D eigenvalue weighted by Crippen LogP contribution is 2.36. The van der Waals surface area contributed by atoms with Crippen LogP contribution in [0.1, 0.15) is 57.7 Å². The lowest BCUT2D eigenvalue weighted by molar-refractivity contribution is 0.0872. The summed E-state index contributed by atoms with van der Waals surface area (Å²) < 4.78 is 13.0. The third-order valence-corrected chi connectivity index (χ3v) is 6.90. The van der Waals surface area contributed by atoms with Crippen LogP contribution in [-0.4, -0.2) is 45.8 Å². The van der Waals surface area contributed by atoms with Gasteiger partial charge in [-0.15, -0.1) is 0 Å². The summed E-state index contributed by atoms with van der Waals surface area (Å²) in [5.41, 5.74) is 10.4. The average Bonchev–Trinajstić information content (AvgIpc) is 3.21. The average molecular weight is 476 g/mol. The number of amides is 2. The number of benzene rings is 1. The maximum absolute atomic E-state index is 13.3. The Balaban J connectivity index is 1.24. The van der Waals surface area contributed by atoms with Crippen molar-refractivity contribution in [3.8, 4) is 22.9 Å². The van der Waals surface area contributed by atoms with E-state index in [2.05, 4.69) is 10.3 Å². The zero-order chi connectivity index (χ0) is 24.5. The van der Waals surface area contributed by atoms with Crippen LogP contribution in [0.25, 0.3) is 11.3 Å². The monoisotopic (exact) mass is 475 g/mol. The third kappa shape index (κ3) is 4.45. The van der Waals surface area contributed by atoms with Crippen molar-refractivity contribution in [2.45, 2.75) is 50.7 Å². The molecular weight excluding hydrogens is 446 g/mol. The Labute approximate surface area is 203 Å². The lowest BCUT2D eigenvalue weighted by Gasteiger charge is -2.29. The molecule has 35 heavy (non-hydrogen) atoms. The van der Waals surface area contributed by atoms with Gasteiger partial charge in [-0.2, -0.15) is 5.10 Å². The van der Waals surface area contributed by atoms with E-state index in [1.54, 1.807) is 30.1 Å². The predicted molar refractivity (Wildman–Crippen MR) is 129 cm³/mol. The molecule has 5 rings (SSSR count). The molecule has 0 spiro atoms. The van der Waals surface area contributed by atoms with Crippen molar-refractivity contribution in [1.82, 2.24) is 20.1 Å². The van der Waals surface area contributed by atoms with Crippen molar-refractivity contribution < 1.29 is 19.1 Å². The molecule has 2 amide bonds. The standard InChI is InChI=1S/C26H29N5O4/c1-31-23(20-11-5-15-14-18(34-2)10-12-19(15)22(20)30-31)25(33)29-16-6-8-17(9-7-16)35-26-21(24(27)32)4-3-13-28-26/h3-4,10,12-14,16-17H,5-9,11H2,1-2H3,(H2,27,32)(H,29,33). The number of aryl methyl sites for hydroxylation is 2. The van der Waals surface area contributed by atoms with Gasteiger partial charge < -0.3 is 20.5 Å². The number of hydrogen-bond acceptors (Lipinski definition) is 6. The maximum Gasteiger partial charge on any atom is 0.270 e. The molecule has 182 valence electrons. The summed E-state index contributed by atoms with van der Waals surface area (Å²) in [6, 6.07) is 9.32. The van der Waals surface area contributed by atoms with Crippen LogP contribution < -0.4 is 20.5 Å². The number of hydrogen-bond donors (Lipinski definition) is 2. The number of carbonyl (C=O) groups is 2. The first-order valence-electron chi connectivity index (χ1n) is 11.9. The molecular formula is C26H29N5O4. The Kier molecular flexibility index (Phi) is 6.15. The second kappa shape index (κ2) is 9.40. The molecule has 0 aliphatic heterocycles. The molecule has 2 aliphatic carbocycles. The summed E-state index contributed by atoms with van der Waals surface area (Å²) in [7, 11) is 3.49. The van der Waals surface area contributed by atoms with Crippen LogP contribution in [0.3, 0.4) is 0 Å². The fourth-order valence-electron chi connectivity index (χ4n) is 5.11. The van der Waals surface area contributed by atoms with Gasteiger partial charge in [0.1, 0.15) is 23.1 Å². The van der Waals surface area contributed by atoms with Crippen molar-refractivity contribution in [1.29, 1.82) is 0 Å². The van der Waals surface area contributed by atoms with Crippen molar-refractivity contribution >= 4 is 11.8 Å². The fourth-order valence-corrected chi connectivity index (χ4v) is 5.11. The molecule has 0 unspecified atom stereocenters. The molecule has 9 heteroatoms. The fraction of sp³-hybridized carbons (Fsp3) is 0.385. The molecule has 3 N–H and O–H groups in total. The van der Waals surface area contributed by atoms with E-state index in [4.69, 9.17) is 20.3 Å². The first-order chi connectivity index (χ1) is 16.9. The molecule has 2 aliphatic rings. The molecule has 9 nitrogen and oxygen atoms in total. The van der Waals surface area contributed by atoms with Crippen LogP contribution in [0, 0.1) is 0 Å². The first-order valence-corrected chi connectivity index (χ1v) is 11.9. The van der Waals surface area contributed by atoms with Crippen molar-refractivity contribution in [2.75, 3.05) is 7.11 Å². The van der Waals surface area contributed by atoms with Gasteiger partial charge in [-0.05, 0) is 74.4 Å². The van der Waals surface area contributed by atoms with E-state index in [9.17, 15) is 9.59 Å². The van der Waals surface area contributed by atoms with Gasteiger partial charge in [0.2, 0.25) is 5.88 Å². The molecule has 0 atom stereocenters. The topological polar surface area (TPSA) is 121 Å². The van der Waals surface area contributed by atoms with Crippen molar-refractivity contribution in [3.05, 3.63) is 58.9 Å². The number of primary amides is 1. The second-order valence-corrected chi connectivity index (χ2v) is 9.11.